The quantitative estimate of drug-likeness (QED) is 0.444. The van der Waals surface area contributed by atoms with Crippen LogP contribution in [0.4, 0.5) is 4.79 Å². The molecule has 0 radical (unpaired) electrons. The lowest BCUT2D eigenvalue weighted by atomic mass is 10.1. The van der Waals surface area contributed by atoms with E-state index in [0.29, 0.717) is 4.90 Å². The second-order valence-electron chi connectivity index (χ2n) is 4.43. The summed E-state index contributed by atoms with van der Waals surface area (Å²) in [6.07, 6.45) is 0. The van der Waals surface area contributed by atoms with E-state index < -0.39 is 23.4 Å². The fraction of sp³-hybridized carbons (Fsp3) is 0.250. The summed E-state index contributed by atoms with van der Waals surface area (Å²) < 4.78 is 0.746. The van der Waals surface area contributed by atoms with Crippen LogP contribution < -0.4 is 0 Å². The average molecular weight is 267 g/mol. The number of urea groups is 1. The average Bonchev–Trinajstić information content (AvgIpc) is 2.51. The molecule has 1 aromatic rings. The van der Waals surface area contributed by atoms with Crippen LogP contribution in [-0.4, -0.2) is 32.7 Å². The zero-order valence-corrected chi connectivity index (χ0v) is 10.6. The highest BCUT2D eigenvalue weighted by atomic mass is 35.5. The molecule has 1 aliphatic rings. The second-order valence-corrected chi connectivity index (χ2v) is 4.77. The largest absolute Gasteiger partial charge is 0.349 e. The number of imide groups is 3. The van der Waals surface area contributed by atoms with Gasteiger partial charge in [-0.15, -0.1) is 0 Å². The van der Waals surface area contributed by atoms with Gasteiger partial charge in [-0.3, -0.25) is 9.59 Å². The van der Waals surface area contributed by atoms with Crippen LogP contribution in [-0.2, 0) is 4.79 Å². The van der Waals surface area contributed by atoms with Gasteiger partial charge in [-0.1, -0.05) is 18.2 Å². The normalized spacial score (nSPS) is 18.4. The molecule has 0 N–H and O–H groups in total. The predicted molar refractivity (Wildman–Crippen MR) is 64.8 cm³/mol. The second kappa shape index (κ2) is 4.10. The molecular weight excluding hydrogens is 256 g/mol. The van der Waals surface area contributed by atoms with E-state index >= 15 is 0 Å². The van der Waals surface area contributed by atoms with Gasteiger partial charge in [0.15, 0.2) is 0 Å². The Morgan fingerprint density at radius 2 is 1.72 bits per heavy atom. The van der Waals surface area contributed by atoms with Crippen molar-refractivity contribution >= 4 is 29.6 Å². The predicted octanol–water partition coefficient (Wildman–Crippen LogP) is 2.02. The molecule has 1 aliphatic heterocycles. The van der Waals surface area contributed by atoms with Crippen molar-refractivity contribution in [2.24, 2.45) is 0 Å². The lowest BCUT2D eigenvalue weighted by molar-refractivity contribution is -0.129. The maximum absolute atomic E-state index is 12.1. The number of rotatable bonds is 1. The van der Waals surface area contributed by atoms with Crippen molar-refractivity contribution in [1.82, 2.24) is 9.32 Å². The van der Waals surface area contributed by atoms with Gasteiger partial charge < -0.3 is 0 Å². The van der Waals surface area contributed by atoms with E-state index in [-0.39, 0.29) is 5.56 Å². The lowest BCUT2D eigenvalue weighted by Crippen LogP contribution is -2.41. The van der Waals surface area contributed by atoms with Gasteiger partial charge in [0.25, 0.3) is 11.8 Å². The molecule has 6 heteroatoms. The van der Waals surface area contributed by atoms with Gasteiger partial charge in [-0.25, -0.2) is 9.21 Å². The number of hydrogen-bond acceptors (Lipinski definition) is 3. The summed E-state index contributed by atoms with van der Waals surface area (Å²) in [4.78, 5) is 36.5. The van der Waals surface area contributed by atoms with E-state index in [4.69, 9.17) is 11.8 Å². The first kappa shape index (κ1) is 12.6. The molecule has 0 unspecified atom stereocenters. The molecule has 0 aliphatic carbocycles. The van der Waals surface area contributed by atoms with Gasteiger partial charge in [0.05, 0.1) is 0 Å². The van der Waals surface area contributed by atoms with E-state index in [2.05, 4.69) is 0 Å². The number of carbonyl (C=O) groups excluding carboxylic acids is 3. The first-order valence-corrected chi connectivity index (χ1v) is 5.65. The zero-order valence-electron chi connectivity index (χ0n) is 9.88. The fourth-order valence-electron chi connectivity index (χ4n) is 1.66. The van der Waals surface area contributed by atoms with Gasteiger partial charge in [-0.05, 0) is 26.0 Å². The minimum absolute atomic E-state index is 0.266. The Balaban J connectivity index is 2.39. The summed E-state index contributed by atoms with van der Waals surface area (Å²) in [5, 5.41) is 0. The third-order valence-corrected chi connectivity index (χ3v) is 3.37. The van der Waals surface area contributed by atoms with Gasteiger partial charge in [0.2, 0.25) is 0 Å². The maximum atomic E-state index is 12.1. The van der Waals surface area contributed by atoms with Crippen molar-refractivity contribution in [2.45, 2.75) is 19.4 Å². The summed E-state index contributed by atoms with van der Waals surface area (Å²) in [5.41, 5.74) is -0.953. The van der Waals surface area contributed by atoms with E-state index in [0.717, 1.165) is 4.42 Å². The third kappa shape index (κ3) is 1.67. The van der Waals surface area contributed by atoms with Crippen LogP contribution in [0, 0.1) is 0 Å². The fourth-order valence-corrected chi connectivity index (χ4v) is 1.81. The minimum Gasteiger partial charge on any atom is -0.271 e. The van der Waals surface area contributed by atoms with E-state index in [9.17, 15) is 14.4 Å². The van der Waals surface area contributed by atoms with Gasteiger partial charge in [0.1, 0.15) is 5.54 Å². The van der Waals surface area contributed by atoms with Crippen LogP contribution in [0.2, 0.25) is 0 Å². The van der Waals surface area contributed by atoms with Crippen molar-refractivity contribution in [3.63, 3.8) is 0 Å². The highest BCUT2D eigenvalue weighted by molar-refractivity contribution is 6.32. The SMILES string of the molecule is CC1(C)C(=O)N(C(=O)c2ccccc2)C(=O)N1Cl. The number of hydrogen-bond donors (Lipinski definition) is 0. The zero-order chi connectivity index (χ0) is 13.5. The van der Waals surface area contributed by atoms with Crippen molar-refractivity contribution in [2.75, 3.05) is 0 Å². The van der Waals surface area contributed by atoms with Gasteiger partial charge in [-0.2, -0.15) is 4.90 Å². The highest BCUT2D eigenvalue weighted by Crippen LogP contribution is 2.30. The minimum atomic E-state index is -1.22. The Kier molecular flexibility index (Phi) is 2.86. The molecule has 0 bridgehead atoms. The molecule has 94 valence electrons. The van der Waals surface area contributed by atoms with Crippen LogP contribution >= 0.6 is 11.8 Å². The molecule has 5 nitrogen and oxygen atoms in total. The molecule has 0 saturated carbocycles. The Bertz CT molecular complexity index is 527. The van der Waals surface area contributed by atoms with Crippen LogP contribution in [0.15, 0.2) is 30.3 Å². The van der Waals surface area contributed by atoms with Crippen molar-refractivity contribution in [3.05, 3.63) is 35.9 Å². The summed E-state index contributed by atoms with van der Waals surface area (Å²) in [7, 11) is 0. The molecule has 1 fully saturated rings. The molecule has 18 heavy (non-hydrogen) atoms. The Morgan fingerprint density at radius 3 is 2.17 bits per heavy atom. The molecule has 1 saturated heterocycles. The molecule has 2 rings (SSSR count). The number of amides is 4. The highest BCUT2D eigenvalue weighted by Gasteiger charge is 2.53. The topological polar surface area (TPSA) is 57.7 Å². The Hall–Kier alpha value is -1.88. The Morgan fingerprint density at radius 1 is 1.17 bits per heavy atom. The monoisotopic (exact) mass is 266 g/mol. The molecule has 1 heterocycles. The molecular formula is C12H11ClN2O3. The van der Waals surface area contributed by atoms with Crippen LogP contribution in [0.3, 0.4) is 0 Å². The lowest BCUT2D eigenvalue weighted by Gasteiger charge is -2.19. The van der Waals surface area contributed by atoms with Crippen molar-refractivity contribution in [3.8, 4) is 0 Å². The Labute approximate surface area is 109 Å². The van der Waals surface area contributed by atoms with E-state index in [1.165, 1.54) is 26.0 Å². The van der Waals surface area contributed by atoms with Crippen LogP contribution in [0.1, 0.15) is 24.2 Å². The summed E-state index contributed by atoms with van der Waals surface area (Å²) in [5.74, 6) is -1.29. The first-order chi connectivity index (χ1) is 8.37. The summed E-state index contributed by atoms with van der Waals surface area (Å²) in [6, 6.07) is 7.30. The third-order valence-electron chi connectivity index (χ3n) is 2.80. The maximum Gasteiger partial charge on any atom is 0.349 e. The van der Waals surface area contributed by atoms with Crippen molar-refractivity contribution < 1.29 is 14.4 Å². The summed E-state index contributed by atoms with van der Waals surface area (Å²) >= 11 is 5.74. The van der Waals surface area contributed by atoms with Crippen LogP contribution in [0.25, 0.3) is 0 Å². The van der Waals surface area contributed by atoms with Gasteiger partial charge in [0, 0.05) is 17.3 Å². The number of halogens is 1. The number of nitrogens with zero attached hydrogens (tertiary/aromatic N) is 2. The number of carbonyl (C=O) groups is 3. The number of benzene rings is 1. The molecule has 0 atom stereocenters. The standard InChI is InChI=1S/C12H11ClN2O3/c1-12(2)10(17)14(11(18)15(12)13)9(16)8-6-4-3-5-7-8/h3-7H,1-2H3. The molecule has 1 aromatic carbocycles. The van der Waals surface area contributed by atoms with Crippen LogP contribution in [0.5, 0.6) is 0 Å². The first-order valence-electron chi connectivity index (χ1n) is 5.31. The molecule has 0 aromatic heterocycles. The van der Waals surface area contributed by atoms with Crippen molar-refractivity contribution in [1.29, 1.82) is 0 Å². The smallest absolute Gasteiger partial charge is 0.271 e. The molecule has 4 amide bonds. The van der Waals surface area contributed by atoms with E-state index in [1.807, 2.05) is 0 Å². The van der Waals surface area contributed by atoms with Gasteiger partial charge >= 0.3 is 6.03 Å². The van der Waals surface area contributed by atoms with E-state index in [1.54, 1.807) is 18.2 Å². The molecule has 0 spiro atoms. The summed E-state index contributed by atoms with van der Waals surface area (Å²) in [6.45, 7) is 2.97.